The lowest BCUT2D eigenvalue weighted by Gasteiger charge is -2.23. The Balaban J connectivity index is 0.00000338. The van der Waals surface area contributed by atoms with Crippen LogP contribution in [-0.4, -0.2) is 65.1 Å². The van der Waals surface area contributed by atoms with Gasteiger partial charge in [0.1, 0.15) is 0 Å². The number of carbonyl (C=O) groups excluding carboxylic acids is 1. The van der Waals surface area contributed by atoms with Crippen LogP contribution in [0.25, 0.3) is 0 Å². The maximum absolute atomic E-state index is 12.3. The molecule has 1 atom stereocenters. The number of anilines is 2. The van der Waals surface area contributed by atoms with Gasteiger partial charge in [-0.15, -0.1) is 12.4 Å². The van der Waals surface area contributed by atoms with Gasteiger partial charge in [-0.05, 0) is 25.1 Å². The van der Waals surface area contributed by atoms with Gasteiger partial charge >= 0.3 is 0 Å². The standard InChI is InChI=1S/C16H26N4O4S.ClH/c1-4-17-14-6-5-13(25(22,23)20(2)3)10-15(14)19-16(21)9-12-11-24-8-7-18-12;/h5-6,10,12,17-18H,4,7-9,11H2,1-3H3,(H,19,21);1H. The minimum atomic E-state index is -3.57. The van der Waals surface area contributed by atoms with Crippen LogP contribution in [-0.2, 0) is 19.6 Å². The van der Waals surface area contributed by atoms with Crippen molar-refractivity contribution in [3.05, 3.63) is 18.2 Å². The summed E-state index contributed by atoms with van der Waals surface area (Å²) in [6.07, 6.45) is 0.260. The van der Waals surface area contributed by atoms with Gasteiger partial charge < -0.3 is 20.7 Å². The summed E-state index contributed by atoms with van der Waals surface area (Å²) in [4.78, 5) is 12.5. The van der Waals surface area contributed by atoms with E-state index in [1.165, 1.54) is 26.2 Å². The van der Waals surface area contributed by atoms with Crippen molar-refractivity contribution in [2.75, 3.05) is 51.0 Å². The monoisotopic (exact) mass is 406 g/mol. The van der Waals surface area contributed by atoms with Gasteiger partial charge in [-0.3, -0.25) is 4.79 Å². The van der Waals surface area contributed by atoms with Crippen LogP contribution >= 0.6 is 12.4 Å². The minimum absolute atomic E-state index is 0. The number of sulfonamides is 1. The highest BCUT2D eigenvalue weighted by molar-refractivity contribution is 7.89. The van der Waals surface area contributed by atoms with Crippen LogP contribution in [0.1, 0.15) is 13.3 Å². The van der Waals surface area contributed by atoms with Crippen molar-refractivity contribution in [1.82, 2.24) is 9.62 Å². The van der Waals surface area contributed by atoms with E-state index in [0.29, 0.717) is 31.1 Å². The second kappa shape index (κ2) is 10.1. The Morgan fingerprint density at radius 3 is 2.65 bits per heavy atom. The lowest BCUT2D eigenvalue weighted by Crippen LogP contribution is -2.43. The van der Waals surface area contributed by atoms with Crippen LogP contribution in [0.5, 0.6) is 0 Å². The molecule has 0 radical (unpaired) electrons. The van der Waals surface area contributed by atoms with E-state index in [9.17, 15) is 13.2 Å². The Hall–Kier alpha value is -1.39. The molecule has 0 aromatic heterocycles. The molecule has 0 spiro atoms. The van der Waals surface area contributed by atoms with Crippen molar-refractivity contribution in [3.63, 3.8) is 0 Å². The van der Waals surface area contributed by atoms with E-state index in [1.54, 1.807) is 6.07 Å². The molecule has 1 saturated heterocycles. The van der Waals surface area contributed by atoms with E-state index in [2.05, 4.69) is 16.0 Å². The first kappa shape index (κ1) is 22.7. The van der Waals surface area contributed by atoms with Gasteiger partial charge in [-0.25, -0.2) is 12.7 Å². The molecule has 1 aromatic carbocycles. The number of rotatable bonds is 7. The molecule has 8 nitrogen and oxygen atoms in total. The van der Waals surface area contributed by atoms with Crippen LogP contribution in [0, 0.1) is 0 Å². The lowest BCUT2D eigenvalue weighted by atomic mass is 10.2. The normalized spacial score (nSPS) is 17.5. The number of hydrogen-bond donors (Lipinski definition) is 3. The zero-order valence-corrected chi connectivity index (χ0v) is 16.9. The number of hydrogen-bond acceptors (Lipinski definition) is 6. The summed E-state index contributed by atoms with van der Waals surface area (Å²) in [7, 11) is -0.627. The SMILES string of the molecule is CCNc1ccc(S(=O)(=O)N(C)C)cc1NC(=O)CC1COCCN1.Cl. The smallest absolute Gasteiger partial charge is 0.242 e. The Morgan fingerprint density at radius 2 is 2.08 bits per heavy atom. The topological polar surface area (TPSA) is 99.8 Å². The molecule has 26 heavy (non-hydrogen) atoms. The predicted molar refractivity (Wildman–Crippen MR) is 105 cm³/mol. The van der Waals surface area contributed by atoms with Crippen LogP contribution in [0.2, 0.25) is 0 Å². The third-order valence-electron chi connectivity index (χ3n) is 3.84. The molecule has 1 amide bonds. The number of carbonyl (C=O) groups is 1. The van der Waals surface area contributed by atoms with Crippen LogP contribution in [0.15, 0.2) is 23.1 Å². The molecule has 1 aromatic rings. The number of morpholine rings is 1. The number of amides is 1. The first-order valence-corrected chi connectivity index (χ1v) is 9.70. The van der Waals surface area contributed by atoms with E-state index < -0.39 is 10.0 Å². The van der Waals surface area contributed by atoms with Crippen molar-refractivity contribution in [3.8, 4) is 0 Å². The van der Waals surface area contributed by atoms with Gasteiger partial charge in [-0.2, -0.15) is 0 Å². The molecular weight excluding hydrogens is 380 g/mol. The van der Waals surface area contributed by atoms with E-state index in [1.807, 2.05) is 6.92 Å². The maximum Gasteiger partial charge on any atom is 0.242 e. The number of benzene rings is 1. The van der Waals surface area contributed by atoms with E-state index in [-0.39, 0.29) is 35.7 Å². The first-order valence-electron chi connectivity index (χ1n) is 8.26. The van der Waals surface area contributed by atoms with Gasteiger partial charge in [0.2, 0.25) is 15.9 Å². The maximum atomic E-state index is 12.3. The summed E-state index contributed by atoms with van der Waals surface area (Å²) in [6.45, 7) is 4.44. The molecule has 0 saturated carbocycles. The second-order valence-corrected chi connectivity index (χ2v) is 8.16. The highest BCUT2D eigenvalue weighted by atomic mass is 35.5. The third kappa shape index (κ3) is 5.82. The number of nitrogens with one attached hydrogen (secondary N) is 3. The predicted octanol–water partition coefficient (Wildman–Crippen LogP) is 1.11. The highest BCUT2D eigenvalue weighted by Crippen LogP contribution is 2.27. The van der Waals surface area contributed by atoms with Gasteiger partial charge in [0.15, 0.2) is 0 Å². The zero-order valence-electron chi connectivity index (χ0n) is 15.2. The summed E-state index contributed by atoms with van der Waals surface area (Å²) in [5, 5.41) is 9.17. The molecule has 1 aliphatic rings. The molecule has 148 valence electrons. The molecule has 10 heteroatoms. The van der Waals surface area contributed by atoms with Crippen molar-refractivity contribution < 1.29 is 17.9 Å². The summed E-state index contributed by atoms with van der Waals surface area (Å²) in [6, 6.07) is 4.64. The van der Waals surface area contributed by atoms with Crippen LogP contribution in [0.3, 0.4) is 0 Å². The minimum Gasteiger partial charge on any atom is -0.384 e. The van der Waals surface area contributed by atoms with E-state index in [0.717, 1.165) is 10.8 Å². The molecule has 1 heterocycles. The second-order valence-electron chi connectivity index (χ2n) is 6.00. The van der Waals surface area contributed by atoms with E-state index >= 15 is 0 Å². The average Bonchev–Trinajstić information content (AvgIpc) is 2.57. The van der Waals surface area contributed by atoms with Crippen molar-refractivity contribution in [1.29, 1.82) is 0 Å². The highest BCUT2D eigenvalue weighted by Gasteiger charge is 2.21. The summed E-state index contributed by atoms with van der Waals surface area (Å²) >= 11 is 0. The van der Waals surface area contributed by atoms with Gasteiger partial charge in [0.05, 0.1) is 29.5 Å². The van der Waals surface area contributed by atoms with Gasteiger partial charge in [0, 0.05) is 39.6 Å². The van der Waals surface area contributed by atoms with E-state index in [4.69, 9.17) is 4.74 Å². The zero-order chi connectivity index (χ0) is 18.4. The molecule has 3 N–H and O–H groups in total. The van der Waals surface area contributed by atoms with Crippen LogP contribution < -0.4 is 16.0 Å². The number of ether oxygens (including phenoxy) is 1. The van der Waals surface area contributed by atoms with Gasteiger partial charge in [-0.1, -0.05) is 0 Å². The fourth-order valence-corrected chi connectivity index (χ4v) is 3.45. The van der Waals surface area contributed by atoms with Crippen molar-refractivity contribution >= 4 is 39.7 Å². The summed E-state index contributed by atoms with van der Waals surface area (Å²) < 4.78 is 31.1. The fraction of sp³-hybridized carbons (Fsp3) is 0.562. The Morgan fingerprint density at radius 1 is 1.35 bits per heavy atom. The third-order valence-corrected chi connectivity index (χ3v) is 5.65. The molecule has 0 bridgehead atoms. The summed E-state index contributed by atoms with van der Waals surface area (Å²) in [5.41, 5.74) is 1.13. The quantitative estimate of drug-likeness (QED) is 0.627. The Kier molecular flexibility index (Phi) is 8.78. The molecule has 1 unspecified atom stereocenters. The molecule has 0 aliphatic carbocycles. The first-order chi connectivity index (χ1) is 11.8. The summed E-state index contributed by atoms with van der Waals surface area (Å²) in [5.74, 6) is -0.193. The molecule has 2 rings (SSSR count). The van der Waals surface area contributed by atoms with Crippen molar-refractivity contribution in [2.24, 2.45) is 0 Å². The fourth-order valence-electron chi connectivity index (χ4n) is 2.52. The van der Waals surface area contributed by atoms with Crippen molar-refractivity contribution in [2.45, 2.75) is 24.3 Å². The Labute approximate surface area is 161 Å². The lowest BCUT2D eigenvalue weighted by molar-refractivity contribution is -0.117. The Bertz CT molecular complexity index is 706. The molecular formula is C16H27ClN4O4S. The molecule has 1 aliphatic heterocycles. The largest absolute Gasteiger partial charge is 0.384 e. The average molecular weight is 407 g/mol. The number of nitrogens with zero attached hydrogens (tertiary/aromatic N) is 1. The van der Waals surface area contributed by atoms with Crippen LogP contribution in [0.4, 0.5) is 11.4 Å². The molecule has 1 fully saturated rings. The van der Waals surface area contributed by atoms with Gasteiger partial charge in [0.25, 0.3) is 0 Å². The number of halogens is 1.